The number of hydrogen-bond acceptors (Lipinski definition) is 1. The molecule has 110 valence electrons. The highest BCUT2D eigenvalue weighted by atomic mass is 19.3. The molecule has 0 aromatic rings. The summed E-state index contributed by atoms with van der Waals surface area (Å²) in [5, 5.41) is 0. The van der Waals surface area contributed by atoms with Gasteiger partial charge in [0.05, 0.1) is 0 Å². The van der Waals surface area contributed by atoms with Crippen molar-refractivity contribution >= 4 is 0 Å². The summed E-state index contributed by atoms with van der Waals surface area (Å²) in [4.78, 5) is 0. The Bertz CT molecular complexity index is 406. The van der Waals surface area contributed by atoms with Crippen LogP contribution < -0.4 is 0 Å². The van der Waals surface area contributed by atoms with Gasteiger partial charge in [-0.15, -0.1) is 0 Å². The quantitative estimate of drug-likeness (QED) is 0.567. The molecule has 2 aliphatic carbocycles. The second-order valence-electron chi connectivity index (χ2n) is 4.56. The number of rotatable bonds is 4. The molecule has 0 radical (unpaired) electrons. The van der Waals surface area contributed by atoms with Crippen LogP contribution >= 0.6 is 0 Å². The molecule has 0 aromatic heterocycles. The van der Waals surface area contributed by atoms with Crippen LogP contribution in [0.15, 0.2) is 12.2 Å². The predicted octanol–water partition coefficient (Wildman–Crippen LogP) is 3.71. The van der Waals surface area contributed by atoms with Crippen molar-refractivity contribution in [3.63, 3.8) is 0 Å². The van der Waals surface area contributed by atoms with Crippen LogP contribution in [-0.2, 0) is 4.74 Å². The molecule has 1 fully saturated rings. The molecule has 0 aliphatic heterocycles. The number of fused-ring (bicyclic) bond motifs is 2. The third kappa shape index (κ3) is 1.77. The standard InChI is InChI=1S/C10H8F8O/c11-4-7(12,13)10(17,18)19-9(16)6-2-1-5(3-6)8(9,14)15/h1-2,5-6H,3-4H2. The highest BCUT2D eigenvalue weighted by Crippen LogP contribution is 2.60. The molecular weight excluding hydrogens is 288 g/mol. The molecule has 0 spiro atoms. The van der Waals surface area contributed by atoms with Gasteiger partial charge in [0.2, 0.25) is 0 Å². The fourth-order valence-electron chi connectivity index (χ4n) is 2.23. The Hall–Kier alpha value is -0.860. The zero-order valence-electron chi connectivity index (χ0n) is 9.16. The first-order valence-electron chi connectivity index (χ1n) is 5.25. The van der Waals surface area contributed by atoms with Crippen molar-refractivity contribution < 1.29 is 39.9 Å². The molecule has 2 rings (SSSR count). The van der Waals surface area contributed by atoms with E-state index in [9.17, 15) is 35.1 Å². The van der Waals surface area contributed by atoms with Crippen molar-refractivity contribution in [2.45, 2.75) is 30.2 Å². The monoisotopic (exact) mass is 296 g/mol. The molecule has 2 bridgehead atoms. The van der Waals surface area contributed by atoms with Gasteiger partial charge in [0.25, 0.3) is 5.85 Å². The summed E-state index contributed by atoms with van der Waals surface area (Å²) >= 11 is 0. The number of allylic oxidation sites excluding steroid dienone is 1. The first-order chi connectivity index (χ1) is 8.48. The molecule has 0 amide bonds. The van der Waals surface area contributed by atoms with Crippen molar-refractivity contribution in [3.05, 3.63) is 12.2 Å². The van der Waals surface area contributed by atoms with Crippen LogP contribution in [0.25, 0.3) is 0 Å². The summed E-state index contributed by atoms with van der Waals surface area (Å²) in [7, 11) is 0. The van der Waals surface area contributed by atoms with E-state index in [0.717, 1.165) is 12.2 Å². The van der Waals surface area contributed by atoms with Gasteiger partial charge in [-0.1, -0.05) is 12.2 Å². The van der Waals surface area contributed by atoms with Gasteiger partial charge in [-0.3, -0.25) is 4.74 Å². The summed E-state index contributed by atoms with van der Waals surface area (Å²) < 4.78 is 107. The van der Waals surface area contributed by atoms with Crippen LogP contribution in [0.4, 0.5) is 35.1 Å². The van der Waals surface area contributed by atoms with Crippen LogP contribution in [0.2, 0.25) is 0 Å². The Labute approximate surface area is 102 Å². The van der Waals surface area contributed by atoms with E-state index in [4.69, 9.17) is 0 Å². The summed E-state index contributed by atoms with van der Waals surface area (Å²) in [6.45, 7) is -2.86. The molecule has 2 aliphatic rings. The SMILES string of the molecule is FCC(F)(F)C(F)(F)OC1(F)C2C=CC(C2)C1(F)F. The number of alkyl halides is 8. The van der Waals surface area contributed by atoms with Crippen molar-refractivity contribution in [1.82, 2.24) is 0 Å². The first-order valence-corrected chi connectivity index (χ1v) is 5.25. The Morgan fingerprint density at radius 2 is 1.58 bits per heavy atom. The Morgan fingerprint density at radius 3 is 2.00 bits per heavy atom. The summed E-state index contributed by atoms with van der Waals surface area (Å²) in [6.07, 6.45) is -4.41. The molecular formula is C10H8F8O. The molecule has 0 N–H and O–H groups in total. The normalized spacial score (nSPS) is 37.1. The van der Waals surface area contributed by atoms with E-state index in [1.807, 2.05) is 0 Å². The molecule has 3 unspecified atom stereocenters. The smallest absolute Gasteiger partial charge is 0.271 e. The fourth-order valence-corrected chi connectivity index (χ4v) is 2.23. The lowest BCUT2D eigenvalue weighted by atomic mass is 9.97. The maximum atomic E-state index is 14.0. The van der Waals surface area contributed by atoms with Crippen LogP contribution in [0.3, 0.4) is 0 Å². The molecule has 0 aromatic carbocycles. The molecule has 9 heteroatoms. The lowest BCUT2D eigenvalue weighted by Gasteiger charge is -2.37. The Balaban J connectivity index is 2.30. The topological polar surface area (TPSA) is 9.23 Å². The second-order valence-corrected chi connectivity index (χ2v) is 4.56. The number of halogens is 8. The number of ether oxygens (including phenoxy) is 1. The van der Waals surface area contributed by atoms with Crippen LogP contribution in [-0.4, -0.2) is 30.5 Å². The van der Waals surface area contributed by atoms with Crippen molar-refractivity contribution in [2.75, 3.05) is 6.67 Å². The van der Waals surface area contributed by atoms with E-state index >= 15 is 0 Å². The lowest BCUT2D eigenvalue weighted by molar-refractivity contribution is -0.436. The molecule has 19 heavy (non-hydrogen) atoms. The van der Waals surface area contributed by atoms with Gasteiger partial charge in [-0.05, 0) is 6.42 Å². The lowest BCUT2D eigenvalue weighted by Crippen LogP contribution is -2.57. The summed E-state index contributed by atoms with van der Waals surface area (Å²) in [5.74, 6) is -17.5. The Kier molecular flexibility index (Phi) is 2.93. The molecule has 3 atom stereocenters. The van der Waals surface area contributed by atoms with E-state index in [2.05, 4.69) is 4.74 Å². The van der Waals surface area contributed by atoms with Crippen molar-refractivity contribution in [3.8, 4) is 0 Å². The Morgan fingerprint density at radius 1 is 1.05 bits per heavy atom. The summed E-state index contributed by atoms with van der Waals surface area (Å²) in [5.41, 5.74) is 0. The van der Waals surface area contributed by atoms with Gasteiger partial charge in [0.1, 0.15) is 0 Å². The van der Waals surface area contributed by atoms with Crippen molar-refractivity contribution in [2.24, 2.45) is 11.8 Å². The van der Waals surface area contributed by atoms with Gasteiger partial charge in [-0.2, -0.15) is 26.3 Å². The average molecular weight is 296 g/mol. The highest BCUT2D eigenvalue weighted by molar-refractivity contribution is 5.22. The molecule has 0 saturated heterocycles. The minimum Gasteiger partial charge on any atom is -0.271 e. The van der Waals surface area contributed by atoms with Gasteiger partial charge >= 0.3 is 18.0 Å². The predicted molar refractivity (Wildman–Crippen MR) is 46.5 cm³/mol. The average Bonchev–Trinajstić information content (AvgIpc) is 2.82. The maximum absolute atomic E-state index is 14.0. The van der Waals surface area contributed by atoms with Gasteiger partial charge < -0.3 is 0 Å². The van der Waals surface area contributed by atoms with E-state index < -0.39 is 48.7 Å². The van der Waals surface area contributed by atoms with Gasteiger partial charge in [0.15, 0.2) is 6.67 Å². The minimum atomic E-state index is -5.67. The van der Waals surface area contributed by atoms with Gasteiger partial charge in [0, 0.05) is 11.8 Å². The zero-order chi connectivity index (χ0) is 14.7. The largest absolute Gasteiger partial charge is 0.424 e. The molecule has 0 heterocycles. The van der Waals surface area contributed by atoms with E-state index in [1.165, 1.54) is 0 Å². The first kappa shape index (κ1) is 14.5. The zero-order valence-corrected chi connectivity index (χ0v) is 9.16. The molecule has 1 saturated carbocycles. The summed E-state index contributed by atoms with van der Waals surface area (Å²) in [6, 6.07) is 0. The van der Waals surface area contributed by atoms with E-state index in [0.29, 0.717) is 0 Å². The highest BCUT2D eigenvalue weighted by Gasteiger charge is 2.76. The van der Waals surface area contributed by atoms with Crippen LogP contribution in [0, 0.1) is 11.8 Å². The maximum Gasteiger partial charge on any atom is 0.424 e. The van der Waals surface area contributed by atoms with Crippen LogP contribution in [0.5, 0.6) is 0 Å². The third-order valence-electron chi connectivity index (χ3n) is 3.35. The third-order valence-corrected chi connectivity index (χ3v) is 3.35. The number of hydrogen-bond donors (Lipinski definition) is 0. The van der Waals surface area contributed by atoms with Gasteiger partial charge in [-0.25, -0.2) is 8.78 Å². The van der Waals surface area contributed by atoms with E-state index in [1.54, 1.807) is 0 Å². The van der Waals surface area contributed by atoms with E-state index in [-0.39, 0.29) is 0 Å². The van der Waals surface area contributed by atoms with Crippen molar-refractivity contribution in [1.29, 1.82) is 0 Å². The molecule has 1 nitrogen and oxygen atoms in total. The minimum absolute atomic E-state index is 0.527. The van der Waals surface area contributed by atoms with Crippen LogP contribution in [0.1, 0.15) is 6.42 Å². The fraction of sp³-hybridized carbons (Fsp3) is 0.800. The second kappa shape index (κ2) is 3.83.